The van der Waals surface area contributed by atoms with Gasteiger partial charge in [-0.15, -0.1) is 0 Å². The van der Waals surface area contributed by atoms with Crippen LogP contribution in [0.25, 0.3) is 0 Å². The number of carbonyl (C=O) groups excluding carboxylic acids is 11. The number of nitrogens with one attached hydrogen (secondary N) is 8. The normalized spacial score (nSPS) is 14.1. The Morgan fingerprint density at radius 2 is 1.03 bits per heavy atom. The van der Waals surface area contributed by atoms with Crippen LogP contribution in [0.1, 0.15) is 58.3 Å². The number of hydrogen-bond acceptors (Lipinski definition) is 16. The van der Waals surface area contributed by atoms with Crippen LogP contribution < -0.4 is 71.2 Å². The molecule has 0 aromatic heterocycles. The van der Waals surface area contributed by atoms with Crippen molar-refractivity contribution in [1.82, 2.24) is 42.5 Å². The molecule has 28 heteroatoms. The molecule has 61 heavy (non-hydrogen) atoms. The van der Waals surface area contributed by atoms with Crippen LogP contribution in [0.3, 0.4) is 0 Å². The van der Waals surface area contributed by atoms with E-state index in [4.69, 9.17) is 33.8 Å². The lowest BCUT2D eigenvalue weighted by Crippen LogP contribution is -2.59. The molecule has 0 fully saturated rings. The van der Waals surface area contributed by atoms with Crippen molar-refractivity contribution in [2.75, 3.05) is 32.8 Å². The highest BCUT2D eigenvalue weighted by atomic mass is 16.4. The number of aliphatic hydroxyl groups is 2. The second kappa shape index (κ2) is 28.8. The van der Waals surface area contributed by atoms with E-state index in [9.17, 15) is 67.7 Å². The van der Waals surface area contributed by atoms with Crippen molar-refractivity contribution in [3.8, 4) is 0 Å². The first-order chi connectivity index (χ1) is 28.6. The second-order valence-corrected chi connectivity index (χ2v) is 13.4. The number of nitrogens with two attached hydrogens (primary N) is 5. The van der Waals surface area contributed by atoms with E-state index in [1.165, 1.54) is 6.92 Å². The lowest BCUT2D eigenvalue weighted by atomic mass is 10.1. The molecular weight excluding hydrogens is 818 g/mol. The van der Waals surface area contributed by atoms with E-state index < -0.39 is 165 Å². The van der Waals surface area contributed by atoms with Gasteiger partial charge in [0.05, 0.1) is 38.8 Å². The number of unbranched alkanes of at least 4 members (excludes halogenated alkanes) is 1. The van der Waals surface area contributed by atoms with Crippen LogP contribution in [-0.4, -0.2) is 161 Å². The average molecular weight is 876 g/mol. The minimum absolute atomic E-state index is 0.0200. The van der Waals surface area contributed by atoms with E-state index in [1.54, 1.807) is 0 Å². The van der Waals surface area contributed by atoms with Gasteiger partial charge in [0.2, 0.25) is 65.0 Å². The maximum Gasteiger partial charge on any atom is 0.303 e. The highest BCUT2D eigenvalue weighted by Gasteiger charge is 2.31. The van der Waals surface area contributed by atoms with Crippen molar-refractivity contribution in [3.05, 3.63) is 0 Å². The smallest absolute Gasteiger partial charge is 0.303 e. The van der Waals surface area contributed by atoms with Crippen LogP contribution in [0.5, 0.6) is 0 Å². The number of primary amides is 3. The van der Waals surface area contributed by atoms with Gasteiger partial charge in [0.25, 0.3) is 0 Å². The summed E-state index contributed by atoms with van der Waals surface area (Å²) in [7, 11) is 0. The van der Waals surface area contributed by atoms with Gasteiger partial charge in [0.1, 0.15) is 36.3 Å². The van der Waals surface area contributed by atoms with Gasteiger partial charge >= 0.3 is 5.97 Å². The number of rotatable bonds is 31. The first-order valence-electron chi connectivity index (χ1n) is 18.7. The molecule has 0 saturated heterocycles. The highest BCUT2D eigenvalue weighted by Crippen LogP contribution is 2.05. The van der Waals surface area contributed by atoms with E-state index in [-0.39, 0.29) is 19.4 Å². The van der Waals surface area contributed by atoms with Crippen molar-refractivity contribution in [1.29, 1.82) is 0 Å². The summed E-state index contributed by atoms with van der Waals surface area (Å²) in [4.78, 5) is 147. The molecule has 28 nitrogen and oxygen atoms in total. The Kier molecular flexibility index (Phi) is 25.7. The summed E-state index contributed by atoms with van der Waals surface area (Å²) in [6.07, 6.45) is -1.47. The molecule has 0 unspecified atom stereocenters. The molecule has 21 N–H and O–H groups in total. The van der Waals surface area contributed by atoms with Crippen LogP contribution in [0.2, 0.25) is 0 Å². The maximum atomic E-state index is 13.3. The predicted molar refractivity (Wildman–Crippen MR) is 207 cm³/mol. The molecule has 0 spiro atoms. The van der Waals surface area contributed by atoms with Gasteiger partial charge in [-0.2, -0.15) is 0 Å². The van der Waals surface area contributed by atoms with Crippen LogP contribution in [0.15, 0.2) is 0 Å². The number of aliphatic carboxylic acids is 1. The molecule has 0 aliphatic rings. The standard InChI is InChI=1S/C33H57N13O15/c1-15(41-29(57)16(35)5-8-26(53)54)28(56)43-17(4-2-3-9-34)31(59)46-21(14-48)33(61)44-18(6-7-22(36)49)30(58)40-11-24(51)39-12-25(52)42-20(13-47)32(60)45-19(27(38)55)10-23(37)50/h15-21,47-48H,2-14,34-35H2,1H3,(H2,36,49)(H2,37,50)(H2,38,55)(H,39,51)(H,40,58)(H,41,57)(H,42,52)(H,43,56)(H,44,61)(H,45,60)(H,46,59)(H,53,54)/t15-,16-,17-,18-,19-,20-,21-/m0/s1. The van der Waals surface area contributed by atoms with E-state index >= 15 is 0 Å². The minimum atomic E-state index is -1.74. The molecule has 0 aliphatic heterocycles. The molecule has 0 saturated carbocycles. The monoisotopic (exact) mass is 875 g/mol. The molecule has 7 atom stereocenters. The molecule has 0 radical (unpaired) electrons. The molecule has 11 amide bonds. The zero-order chi connectivity index (χ0) is 46.8. The van der Waals surface area contributed by atoms with E-state index in [1.807, 2.05) is 5.32 Å². The van der Waals surface area contributed by atoms with Crippen LogP contribution in [0, 0.1) is 0 Å². The molecule has 0 heterocycles. The Morgan fingerprint density at radius 1 is 0.525 bits per heavy atom. The Hall–Kier alpha value is -6.52. The summed E-state index contributed by atoms with van der Waals surface area (Å²) >= 11 is 0. The van der Waals surface area contributed by atoms with Gasteiger partial charge in [0, 0.05) is 12.8 Å². The summed E-state index contributed by atoms with van der Waals surface area (Å²) in [5, 5.41) is 45.8. The van der Waals surface area contributed by atoms with Gasteiger partial charge in [-0.3, -0.25) is 57.5 Å². The minimum Gasteiger partial charge on any atom is -0.481 e. The number of carbonyl (C=O) groups is 12. The van der Waals surface area contributed by atoms with Gasteiger partial charge in [-0.25, -0.2) is 0 Å². The molecule has 0 aromatic rings. The Labute approximate surface area is 348 Å². The van der Waals surface area contributed by atoms with Crippen molar-refractivity contribution in [2.45, 2.75) is 101 Å². The fourth-order valence-corrected chi connectivity index (χ4v) is 4.82. The topological polar surface area (TPSA) is 492 Å². The maximum absolute atomic E-state index is 13.3. The summed E-state index contributed by atoms with van der Waals surface area (Å²) in [6.45, 7) is -2.14. The number of aliphatic hydroxyl groups excluding tert-OH is 2. The molecule has 344 valence electrons. The summed E-state index contributed by atoms with van der Waals surface area (Å²) in [5.41, 5.74) is 26.5. The van der Waals surface area contributed by atoms with Gasteiger partial charge in [-0.1, -0.05) is 0 Å². The van der Waals surface area contributed by atoms with Crippen LogP contribution in [0.4, 0.5) is 0 Å². The number of carboxylic acid groups (broad SMARTS) is 1. The Morgan fingerprint density at radius 3 is 1.56 bits per heavy atom. The van der Waals surface area contributed by atoms with Crippen LogP contribution >= 0.6 is 0 Å². The van der Waals surface area contributed by atoms with E-state index in [0.29, 0.717) is 12.8 Å². The predicted octanol–water partition coefficient (Wildman–Crippen LogP) is -9.92. The average Bonchev–Trinajstić information content (AvgIpc) is 3.19. The zero-order valence-electron chi connectivity index (χ0n) is 33.4. The number of carboxylic acids is 1. The molecular formula is C33H57N13O15. The SMILES string of the molecule is C[C@H](NC(=O)[C@@H](N)CCC(=O)O)C(=O)N[C@@H](CCCCN)C(=O)N[C@@H](CO)C(=O)N[C@@H](CCC(N)=O)C(=O)NCC(=O)NCC(=O)N[C@@H](CO)C(=O)N[C@@H](CC(N)=O)C(N)=O. The van der Waals surface area contributed by atoms with E-state index in [2.05, 4.69) is 37.2 Å². The Balaban J connectivity index is 5.55. The summed E-state index contributed by atoms with van der Waals surface area (Å²) < 4.78 is 0. The third kappa shape index (κ3) is 23.0. The molecule has 0 aromatic carbocycles. The summed E-state index contributed by atoms with van der Waals surface area (Å²) in [5.74, 6) is -12.2. The third-order valence-electron chi connectivity index (χ3n) is 8.23. The van der Waals surface area contributed by atoms with Gasteiger partial charge in [-0.05, 0) is 45.6 Å². The van der Waals surface area contributed by atoms with E-state index in [0.717, 1.165) is 0 Å². The first-order valence-corrected chi connectivity index (χ1v) is 18.7. The molecule has 0 bridgehead atoms. The fourth-order valence-electron chi connectivity index (χ4n) is 4.82. The van der Waals surface area contributed by atoms with Crippen LogP contribution in [-0.2, 0) is 57.5 Å². The zero-order valence-corrected chi connectivity index (χ0v) is 33.4. The highest BCUT2D eigenvalue weighted by molar-refractivity contribution is 5.97. The summed E-state index contributed by atoms with van der Waals surface area (Å²) in [6, 6.07) is -10.4. The second-order valence-electron chi connectivity index (χ2n) is 13.4. The van der Waals surface area contributed by atoms with Crippen molar-refractivity contribution in [2.24, 2.45) is 28.7 Å². The molecule has 0 aliphatic carbocycles. The lowest BCUT2D eigenvalue weighted by molar-refractivity contribution is -0.137. The van der Waals surface area contributed by atoms with Crippen molar-refractivity contribution in [3.63, 3.8) is 0 Å². The van der Waals surface area contributed by atoms with Gasteiger partial charge in [0.15, 0.2) is 0 Å². The van der Waals surface area contributed by atoms with Crippen molar-refractivity contribution < 1.29 is 72.9 Å². The largest absolute Gasteiger partial charge is 0.481 e. The fraction of sp³-hybridized carbons (Fsp3) is 0.636. The van der Waals surface area contributed by atoms with Gasteiger partial charge < -0.3 is 86.5 Å². The quantitative estimate of drug-likeness (QED) is 0.0288. The first kappa shape index (κ1) is 54.5. The number of amides is 11. The lowest BCUT2D eigenvalue weighted by Gasteiger charge is -2.25. The number of hydrogen-bond donors (Lipinski definition) is 16. The molecule has 0 rings (SSSR count). The Bertz CT molecular complexity index is 1600. The van der Waals surface area contributed by atoms with Crippen molar-refractivity contribution >= 4 is 70.9 Å². The third-order valence-corrected chi connectivity index (χ3v) is 8.23.